The topological polar surface area (TPSA) is 87.3 Å². The van der Waals surface area contributed by atoms with Crippen molar-refractivity contribution in [1.29, 1.82) is 0 Å². The third-order valence-electron chi connectivity index (χ3n) is 6.18. The van der Waals surface area contributed by atoms with Gasteiger partial charge in [0.2, 0.25) is 5.91 Å². The number of carbonyl (C=O) groups is 2. The number of nitrogens with zero attached hydrogens (tertiary/aromatic N) is 2. The molecule has 2 amide bonds. The van der Waals surface area contributed by atoms with Crippen molar-refractivity contribution in [3.63, 3.8) is 0 Å². The third-order valence-corrected chi connectivity index (χ3v) is 6.18. The van der Waals surface area contributed by atoms with Crippen LogP contribution in [-0.2, 0) is 43.7 Å². The first-order valence-corrected chi connectivity index (χ1v) is 11.1. The van der Waals surface area contributed by atoms with E-state index in [1.807, 2.05) is 24.9 Å². The quantitative estimate of drug-likeness (QED) is 0.525. The van der Waals surface area contributed by atoms with E-state index in [1.165, 1.54) is 18.2 Å². The van der Waals surface area contributed by atoms with Gasteiger partial charge in [-0.25, -0.2) is 9.78 Å². The molecule has 0 spiro atoms. The summed E-state index contributed by atoms with van der Waals surface area (Å²) >= 11 is 0. The molecule has 2 aromatic rings. The molecule has 1 saturated heterocycles. The normalized spacial score (nSPS) is 17.6. The van der Waals surface area contributed by atoms with Crippen LogP contribution in [0.2, 0.25) is 0 Å². The van der Waals surface area contributed by atoms with Crippen molar-refractivity contribution in [1.82, 2.24) is 20.2 Å². The maximum atomic E-state index is 13.3. The SMILES string of the molecule is COC(=O)N[C@H](C(=O)N1CCC[C@H]1c1ncc(-c2ccc(C3=CC=CC3)cc2)[nH]1)C(C)C.[Fe+2].[Fe+2]. The Balaban J connectivity index is 0.00000204. The number of allylic oxidation sites excluding steroid dienone is 4. The number of aromatic amines is 1. The van der Waals surface area contributed by atoms with Gasteiger partial charge in [-0.05, 0) is 41.9 Å². The van der Waals surface area contributed by atoms with Crippen molar-refractivity contribution in [3.05, 3.63) is 60.1 Å². The van der Waals surface area contributed by atoms with Gasteiger partial charge in [-0.15, -0.1) is 0 Å². The van der Waals surface area contributed by atoms with Gasteiger partial charge in [-0.3, -0.25) is 4.79 Å². The number of amides is 2. The molecule has 180 valence electrons. The molecule has 2 heterocycles. The number of aromatic nitrogens is 2. The zero-order valence-electron chi connectivity index (χ0n) is 19.5. The van der Waals surface area contributed by atoms with E-state index in [1.54, 1.807) is 0 Å². The van der Waals surface area contributed by atoms with E-state index >= 15 is 0 Å². The van der Waals surface area contributed by atoms with Crippen LogP contribution in [0.15, 0.2) is 48.7 Å². The van der Waals surface area contributed by atoms with Crippen molar-refractivity contribution < 1.29 is 48.5 Å². The van der Waals surface area contributed by atoms with Crippen LogP contribution in [0.25, 0.3) is 16.8 Å². The Labute approximate surface area is 221 Å². The molecule has 7 nitrogen and oxygen atoms in total. The van der Waals surface area contributed by atoms with Crippen LogP contribution in [0.3, 0.4) is 0 Å². The van der Waals surface area contributed by atoms with Gasteiger partial charge < -0.3 is 19.9 Å². The maximum absolute atomic E-state index is 13.3. The number of benzene rings is 1. The zero-order valence-corrected chi connectivity index (χ0v) is 21.7. The Bertz CT molecular complexity index is 1050. The van der Waals surface area contributed by atoms with Crippen LogP contribution in [0.4, 0.5) is 4.79 Å². The number of alkyl carbamates (subject to hydrolysis) is 1. The molecule has 2 N–H and O–H groups in total. The Morgan fingerprint density at radius 1 is 1.18 bits per heavy atom. The molecule has 9 heteroatoms. The van der Waals surface area contributed by atoms with Crippen LogP contribution >= 0.6 is 0 Å². The van der Waals surface area contributed by atoms with Crippen LogP contribution < -0.4 is 5.32 Å². The number of methoxy groups -OCH3 is 1. The fourth-order valence-corrected chi connectivity index (χ4v) is 4.37. The molecule has 2 atom stereocenters. The third kappa shape index (κ3) is 6.02. The second-order valence-corrected chi connectivity index (χ2v) is 8.63. The number of hydrogen-bond acceptors (Lipinski definition) is 4. The van der Waals surface area contributed by atoms with E-state index in [-0.39, 0.29) is 52.0 Å². The minimum Gasteiger partial charge on any atom is -0.453 e. The number of rotatable bonds is 6. The van der Waals surface area contributed by atoms with Crippen molar-refractivity contribution in [3.8, 4) is 11.3 Å². The largest absolute Gasteiger partial charge is 2.00 e. The maximum Gasteiger partial charge on any atom is 2.00 e. The Hall–Kier alpha value is -2.31. The number of nitrogens with one attached hydrogen (secondary N) is 2. The van der Waals surface area contributed by atoms with E-state index in [0.717, 1.165) is 36.3 Å². The second-order valence-electron chi connectivity index (χ2n) is 8.63. The van der Waals surface area contributed by atoms with Crippen molar-refractivity contribution >= 4 is 17.6 Å². The van der Waals surface area contributed by atoms with E-state index < -0.39 is 12.1 Å². The van der Waals surface area contributed by atoms with Crippen molar-refractivity contribution in [2.24, 2.45) is 5.92 Å². The first-order chi connectivity index (χ1) is 15.5. The van der Waals surface area contributed by atoms with Gasteiger partial charge in [0.15, 0.2) is 0 Å². The number of hydrogen-bond donors (Lipinski definition) is 2. The summed E-state index contributed by atoms with van der Waals surface area (Å²) in [6, 6.07) is 7.68. The second kappa shape index (κ2) is 12.4. The Morgan fingerprint density at radius 3 is 2.50 bits per heavy atom. The summed E-state index contributed by atoms with van der Waals surface area (Å²) in [7, 11) is 1.30. The van der Waals surface area contributed by atoms with Crippen LogP contribution in [0, 0.1) is 5.92 Å². The molecule has 1 aromatic heterocycles. The van der Waals surface area contributed by atoms with Gasteiger partial charge in [-0.2, -0.15) is 0 Å². The van der Waals surface area contributed by atoms with E-state index in [9.17, 15) is 9.59 Å². The van der Waals surface area contributed by atoms with Gasteiger partial charge in [-0.1, -0.05) is 56.3 Å². The van der Waals surface area contributed by atoms with Gasteiger partial charge in [0.05, 0.1) is 25.0 Å². The summed E-state index contributed by atoms with van der Waals surface area (Å²) in [6.07, 6.45) is 10.3. The van der Waals surface area contributed by atoms with Crippen LogP contribution in [-0.4, -0.2) is 46.6 Å². The minimum absolute atomic E-state index is 0. The smallest absolute Gasteiger partial charge is 0.453 e. The molecule has 2 aliphatic rings. The predicted molar refractivity (Wildman–Crippen MR) is 124 cm³/mol. The molecule has 1 aliphatic carbocycles. The molecule has 1 fully saturated rings. The monoisotopic (exact) mass is 546 g/mol. The fraction of sp³-hybridized carbons (Fsp3) is 0.400. The summed E-state index contributed by atoms with van der Waals surface area (Å²) in [5, 5.41) is 2.68. The first-order valence-electron chi connectivity index (χ1n) is 11.1. The number of likely N-dealkylation sites (tertiary alicyclic amines) is 1. The molecule has 34 heavy (non-hydrogen) atoms. The molecule has 4 rings (SSSR count). The molecular weight excluding hydrogens is 516 g/mol. The molecule has 1 aliphatic heterocycles. The number of imidazole rings is 1. The Morgan fingerprint density at radius 2 is 1.88 bits per heavy atom. The van der Waals surface area contributed by atoms with Gasteiger partial charge in [0, 0.05) is 6.54 Å². The summed E-state index contributed by atoms with van der Waals surface area (Å²) in [5.41, 5.74) is 4.53. The van der Waals surface area contributed by atoms with Crippen molar-refractivity contribution in [2.45, 2.75) is 45.2 Å². The molecule has 0 saturated carbocycles. The minimum atomic E-state index is -0.635. The van der Waals surface area contributed by atoms with E-state index in [0.29, 0.717) is 6.54 Å². The number of H-pyrrole nitrogens is 1. The van der Waals surface area contributed by atoms with E-state index in [2.05, 4.69) is 57.8 Å². The van der Waals surface area contributed by atoms with Crippen molar-refractivity contribution in [2.75, 3.05) is 13.7 Å². The average molecular weight is 546 g/mol. The predicted octanol–water partition coefficient (Wildman–Crippen LogP) is 4.46. The van der Waals surface area contributed by atoms with Gasteiger partial charge in [0.25, 0.3) is 0 Å². The first kappa shape index (κ1) is 27.9. The standard InChI is InChI=1S/C25H30N4O3.2Fe/c1-16(2)22(28-25(31)32-3)24(30)29-14-6-9-21(29)23-26-15-20(27-23)19-12-10-18(11-13-19)17-7-4-5-8-17;;/h4-5,7,10-13,15-16,21-22H,6,8-9,14H2,1-3H3,(H,26,27)(H,28,31);;/q;2*+2/t21-,22-;;/m0../s1. The summed E-state index contributed by atoms with van der Waals surface area (Å²) in [6.45, 7) is 4.47. The van der Waals surface area contributed by atoms with Gasteiger partial charge in [0.1, 0.15) is 11.9 Å². The number of ether oxygens (including phenoxy) is 1. The summed E-state index contributed by atoms with van der Waals surface area (Å²) in [4.78, 5) is 34.9. The zero-order chi connectivity index (χ0) is 22.7. The van der Waals surface area contributed by atoms with Crippen LogP contribution in [0.5, 0.6) is 0 Å². The summed E-state index contributed by atoms with van der Waals surface area (Å²) < 4.78 is 4.70. The number of carbonyl (C=O) groups excluding carboxylic acids is 2. The average Bonchev–Trinajstić information content (AvgIpc) is 3.57. The Kier molecular flexibility index (Phi) is 10.2. The molecule has 0 unspecified atom stereocenters. The molecule has 1 aromatic carbocycles. The fourth-order valence-electron chi connectivity index (χ4n) is 4.37. The van der Waals surface area contributed by atoms with E-state index in [4.69, 9.17) is 4.74 Å². The van der Waals surface area contributed by atoms with Gasteiger partial charge >= 0.3 is 40.2 Å². The molecule has 0 radical (unpaired) electrons. The van der Waals surface area contributed by atoms with Crippen LogP contribution in [0.1, 0.15) is 50.5 Å². The molecular formula is C25H30Fe2N4O3+4. The molecule has 0 bridgehead atoms. The summed E-state index contributed by atoms with van der Waals surface area (Å²) in [5.74, 6) is 0.616.